The first-order valence-electron chi connectivity index (χ1n) is 5.41. The standard InChI is InChI=1S/C11H14N2O3S/c14-17(15,16)8-4-3-7-13-9-12-10-5-1-2-6-11(10)13/h1-2,5-6,9H,3-4,7-8H2,(H,14,15,16). The molecule has 6 heteroatoms. The number of benzene rings is 1. The van der Waals surface area contributed by atoms with Crippen LogP contribution in [0.4, 0.5) is 0 Å². The smallest absolute Gasteiger partial charge is 0.264 e. The van der Waals surface area contributed by atoms with E-state index >= 15 is 0 Å². The van der Waals surface area contributed by atoms with Crippen LogP contribution in [0.25, 0.3) is 11.0 Å². The van der Waals surface area contributed by atoms with Crippen molar-refractivity contribution in [1.29, 1.82) is 0 Å². The first-order valence-corrected chi connectivity index (χ1v) is 7.02. The number of hydrogen-bond acceptors (Lipinski definition) is 3. The third-order valence-corrected chi connectivity index (χ3v) is 3.38. The lowest BCUT2D eigenvalue weighted by Crippen LogP contribution is -2.05. The van der Waals surface area contributed by atoms with Crippen LogP contribution in [0.5, 0.6) is 0 Å². The maximum atomic E-state index is 10.5. The molecule has 0 saturated carbocycles. The highest BCUT2D eigenvalue weighted by molar-refractivity contribution is 7.85. The minimum atomic E-state index is -3.83. The van der Waals surface area contributed by atoms with Gasteiger partial charge in [0.1, 0.15) is 0 Å². The van der Waals surface area contributed by atoms with Gasteiger partial charge in [0.2, 0.25) is 0 Å². The van der Waals surface area contributed by atoms with Crippen molar-refractivity contribution in [3.05, 3.63) is 30.6 Å². The number of nitrogens with zero attached hydrogens (tertiary/aromatic N) is 2. The number of unbranched alkanes of at least 4 members (excludes halogenated alkanes) is 1. The molecule has 0 atom stereocenters. The van der Waals surface area contributed by atoms with Gasteiger partial charge < -0.3 is 4.57 Å². The third-order valence-electron chi connectivity index (χ3n) is 2.58. The average molecular weight is 254 g/mol. The Morgan fingerprint density at radius 2 is 2.00 bits per heavy atom. The summed E-state index contributed by atoms with van der Waals surface area (Å²) in [5.41, 5.74) is 1.97. The molecule has 0 radical (unpaired) electrons. The SMILES string of the molecule is O=S(=O)(O)CCCCn1cnc2ccccc21. The van der Waals surface area contributed by atoms with Gasteiger partial charge in [0.25, 0.3) is 10.1 Å². The van der Waals surface area contributed by atoms with Crippen LogP contribution in [0.3, 0.4) is 0 Å². The van der Waals surface area contributed by atoms with Crippen LogP contribution in [0.15, 0.2) is 30.6 Å². The van der Waals surface area contributed by atoms with E-state index in [2.05, 4.69) is 4.98 Å². The molecular weight excluding hydrogens is 240 g/mol. The van der Waals surface area contributed by atoms with Crippen molar-refractivity contribution in [3.8, 4) is 0 Å². The summed E-state index contributed by atoms with van der Waals surface area (Å²) in [7, 11) is -3.83. The van der Waals surface area contributed by atoms with Gasteiger partial charge in [0.15, 0.2) is 0 Å². The molecule has 0 aliphatic heterocycles. The molecular formula is C11H14N2O3S. The highest BCUT2D eigenvalue weighted by Crippen LogP contribution is 2.12. The number of imidazole rings is 1. The molecule has 0 amide bonds. The second-order valence-corrected chi connectivity index (χ2v) is 5.49. The predicted molar refractivity (Wildman–Crippen MR) is 65.4 cm³/mol. The molecule has 1 aromatic carbocycles. The van der Waals surface area contributed by atoms with Gasteiger partial charge in [0.05, 0.1) is 23.1 Å². The summed E-state index contributed by atoms with van der Waals surface area (Å²) >= 11 is 0. The molecule has 0 saturated heterocycles. The van der Waals surface area contributed by atoms with Crippen LogP contribution in [0.2, 0.25) is 0 Å². The van der Waals surface area contributed by atoms with Gasteiger partial charge >= 0.3 is 0 Å². The molecule has 1 heterocycles. The molecule has 92 valence electrons. The van der Waals surface area contributed by atoms with E-state index < -0.39 is 10.1 Å². The van der Waals surface area contributed by atoms with E-state index in [9.17, 15) is 8.42 Å². The van der Waals surface area contributed by atoms with Crippen LogP contribution in [-0.4, -0.2) is 28.3 Å². The summed E-state index contributed by atoms with van der Waals surface area (Å²) in [6.45, 7) is 0.704. The van der Waals surface area contributed by atoms with E-state index in [1.165, 1.54) is 0 Å². The summed E-state index contributed by atoms with van der Waals surface area (Å²) in [6, 6.07) is 7.78. The topological polar surface area (TPSA) is 72.2 Å². The monoisotopic (exact) mass is 254 g/mol. The van der Waals surface area contributed by atoms with E-state index in [1.54, 1.807) is 6.33 Å². The molecule has 0 aliphatic carbocycles. The second-order valence-electron chi connectivity index (χ2n) is 3.92. The minimum absolute atomic E-state index is 0.181. The van der Waals surface area contributed by atoms with Crippen LogP contribution in [0, 0.1) is 0 Å². The molecule has 1 aromatic heterocycles. The van der Waals surface area contributed by atoms with Crippen molar-refractivity contribution >= 4 is 21.2 Å². The molecule has 2 aromatic rings. The van der Waals surface area contributed by atoms with Crippen molar-refractivity contribution in [2.24, 2.45) is 0 Å². The fourth-order valence-corrected chi connectivity index (χ4v) is 2.32. The fraction of sp³-hybridized carbons (Fsp3) is 0.364. The Balaban J connectivity index is 1.96. The zero-order chi connectivity index (χ0) is 12.3. The Morgan fingerprint density at radius 1 is 1.24 bits per heavy atom. The van der Waals surface area contributed by atoms with Crippen molar-refractivity contribution in [2.75, 3.05) is 5.75 Å². The first-order chi connectivity index (χ1) is 8.06. The van der Waals surface area contributed by atoms with E-state index in [0.717, 1.165) is 11.0 Å². The first kappa shape index (κ1) is 12.1. The predicted octanol–water partition coefficient (Wildman–Crippen LogP) is 1.70. The lowest BCUT2D eigenvalue weighted by molar-refractivity contribution is 0.478. The Labute approximate surface area is 99.8 Å². The number of hydrogen-bond donors (Lipinski definition) is 1. The van der Waals surface area contributed by atoms with E-state index in [1.807, 2.05) is 28.8 Å². The largest absolute Gasteiger partial charge is 0.331 e. The quantitative estimate of drug-likeness (QED) is 0.651. The lowest BCUT2D eigenvalue weighted by atomic mass is 10.3. The van der Waals surface area contributed by atoms with Gasteiger partial charge in [-0.05, 0) is 25.0 Å². The Hall–Kier alpha value is -1.40. The number of aromatic nitrogens is 2. The summed E-state index contributed by atoms with van der Waals surface area (Å²) in [4.78, 5) is 4.24. The van der Waals surface area contributed by atoms with Crippen LogP contribution < -0.4 is 0 Å². The fourth-order valence-electron chi connectivity index (χ4n) is 1.76. The number of fused-ring (bicyclic) bond motifs is 1. The molecule has 2 rings (SSSR count). The summed E-state index contributed by atoms with van der Waals surface area (Å²) in [5, 5.41) is 0. The van der Waals surface area contributed by atoms with Crippen molar-refractivity contribution in [1.82, 2.24) is 9.55 Å². The van der Waals surface area contributed by atoms with Crippen molar-refractivity contribution in [3.63, 3.8) is 0 Å². The molecule has 0 spiro atoms. The number of aryl methyl sites for hydroxylation is 1. The summed E-state index contributed by atoms with van der Waals surface area (Å²) < 4.78 is 31.7. The number of rotatable bonds is 5. The highest BCUT2D eigenvalue weighted by atomic mass is 32.2. The molecule has 5 nitrogen and oxygen atoms in total. The Kier molecular flexibility index (Phi) is 3.44. The maximum absolute atomic E-state index is 10.5. The van der Waals surface area contributed by atoms with Gasteiger partial charge in [-0.2, -0.15) is 8.42 Å². The van der Waals surface area contributed by atoms with Crippen LogP contribution in [0.1, 0.15) is 12.8 Å². The van der Waals surface area contributed by atoms with E-state index in [0.29, 0.717) is 19.4 Å². The Morgan fingerprint density at radius 3 is 2.76 bits per heavy atom. The summed E-state index contributed by atoms with van der Waals surface area (Å²) in [6.07, 6.45) is 2.89. The van der Waals surface area contributed by atoms with Gasteiger partial charge in [-0.15, -0.1) is 0 Å². The Bertz CT molecular complexity index is 604. The molecule has 0 unspecified atom stereocenters. The summed E-state index contributed by atoms with van der Waals surface area (Å²) in [5.74, 6) is -0.181. The van der Waals surface area contributed by atoms with Crippen LogP contribution in [-0.2, 0) is 16.7 Å². The van der Waals surface area contributed by atoms with E-state index in [4.69, 9.17) is 4.55 Å². The molecule has 0 fully saturated rings. The van der Waals surface area contributed by atoms with Gasteiger partial charge in [-0.25, -0.2) is 4.98 Å². The third kappa shape index (κ3) is 3.28. The average Bonchev–Trinajstić information content (AvgIpc) is 2.67. The normalized spacial score (nSPS) is 12.1. The minimum Gasteiger partial charge on any atom is -0.331 e. The zero-order valence-electron chi connectivity index (χ0n) is 9.28. The maximum Gasteiger partial charge on any atom is 0.264 e. The molecule has 0 aliphatic rings. The number of para-hydroxylation sites is 2. The van der Waals surface area contributed by atoms with Crippen LogP contribution >= 0.6 is 0 Å². The highest BCUT2D eigenvalue weighted by Gasteiger charge is 2.05. The van der Waals surface area contributed by atoms with E-state index in [-0.39, 0.29) is 5.75 Å². The van der Waals surface area contributed by atoms with Gasteiger partial charge in [-0.1, -0.05) is 12.1 Å². The van der Waals surface area contributed by atoms with Gasteiger partial charge in [0, 0.05) is 6.54 Å². The molecule has 1 N–H and O–H groups in total. The molecule has 17 heavy (non-hydrogen) atoms. The zero-order valence-corrected chi connectivity index (χ0v) is 10.1. The van der Waals surface area contributed by atoms with Gasteiger partial charge in [-0.3, -0.25) is 4.55 Å². The lowest BCUT2D eigenvalue weighted by Gasteiger charge is -2.03. The molecule has 0 bridgehead atoms. The van der Waals surface area contributed by atoms with Crippen molar-refractivity contribution < 1.29 is 13.0 Å². The second kappa shape index (κ2) is 4.85. The van der Waals surface area contributed by atoms with Crippen molar-refractivity contribution in [2.45, 2.75) is 19.4 Å².